The Labute approximate surface area is 152 Å². The van der Waals surface area contributed by atoms with Crippen LogP contribution >= 0.6 is 0 Å². The van der Waals surface area contributed by atoms with Gasteiger partial charge < -0.3 is 4.90 Å². The zero-order valence-electron chi connectivity index (χ0n) is 15.7. The maximum atomic E-state index is 12.7. The molecule has 1 amide bonds. The van der Waals surface area contributed by atoms with Gasteiger partial charge >= 0.3 is 0 Å². The van der Waals surface area contributed by atoms with E-state index >= 15 is 0 Å². The number of sulfonamides is 1. The molecule has 0 aromatic carbocycles. The van der Waals surface area contributed by atoms with E-state index in [-0.39, 0.29) is 17.2 Å². The van der Waals surface area contributed by atoms with E-state index in [1.54, 1.807) is 4.31 Å². The first-order valence-electron chi connectivity index (χ1n) is 9.83. The summed E-state index contributed by atoms with van der Waals surface area (Å²) in [6.07, 6.45) is 6.29. The molecule has 0 N–H and O–H groups in total. The molecule has 0 unspecified atom stereocenters. The predicted octanol–water partition coefficient (Wildman–Crippen LogP) is 1.53. The molecule has 6 nitrogen and oxygen atoms in total. The predicted molar refractivity (Wildman–Crippen MR) is 98.8 cm³/mol. The standard InChI is InChI=1S/C18H33N3O3S/c1-3-4-13-25(23,24)21-12-11-19(2)18(15-21)8-7-17(22)20(10-9-18)14-16-5-6-16/h16H,3-15H2,1-2H3/t18-/m1/s1. The van der Waals surface area contributed by atoms with E-state index in [2.05, 4.69) is 11.9 Å². The number of likely N-dealkylation sites (tertiary alicyclic amines) is 1. The van der Waals surface area contributed by atoms with Crippen molar-refractivity contribution >= 4 is 15.9 Å². The first-order valence-corrected chi connectivity index (χ1v) is 11.4. The SMILES string of the molecule is CCCCS(=O)(=O)N1CCN(C)[C@@]2(CCC(=O)N(CC3CC3)CC2)C1. The molecule has 2 heterocycles. The average molecular weight is 372 g/mol. The van der Waals surface area contributed by atoms with Gasteiger partial charge in [0.05, 0.1) is 5.75 Å². The summed E-state index contributed by atoms with van der Waals surface area (Å²) in [7, 11) is -1.09. The minimum Gasteiger partial charge on any atom is -0.342 e. The Morgan fingerprint density at radius 2 is 1.92 bits per heavy atom. The minimum absolute atomic E-state index is 0.189. The van der Waals surface area contributed by atoms with E-state index < -0.39 is 10.0 Å². The summed E-state index contributed by atoms with van der Waals surface area (Å²) in [4.78, 5) is 16.9. The number of likely N-dealkylation sites (N-methyl/N-ethyl adjacent to an activating group) is 1. The van der Waals surface area contributed by atoms with Crippen molar-refractivity contribution in [2.45, 2.75) is 57.4 Å². The third kappa shape index (κ3) is 4.37. The summed E-state index contributed by atoms with van der Waals surface area (Å²) in [5.74, 6) is 1.20. The second-order valence-electron chi connectivity index (χ2n) is 8.18. The fraction of sp³-hybridized carbons (Fsp3) is 0.944. The maximum absolute atomic E-state index is 12.7. The number of rotatable bonds is 6. The molecule has 2 saturated heterocycles. The van der Waals surface area contributed by atoms with E-state index in [4.69, 9.17) is 0 Å². The van der Waals surface area contributed by atoms with E-state index in [1.807, 2.05) is 11.8 Å². The van der Waals surface area contributed by atoms with Crippen molar-refractivity contribution < 1.29 is 13.2 Å². The first-order chi connectivity index (χ1) is 11.9. The summed E-state index contributed by atoms with van der Waals surface area (Å²) >= 11 is 0. The van der Waals surface area contributed by atoms with Crippen LogP contribution in [0.25, 0.3) is 0 Å². The van der Waals surface area contributed by atoms with Gasteiger partial charge in [0.2, 0.25) is 15.9 Å². The van der Waals surface area contributed by atoms with Gasteiger partial charge in [-0.1, -0.05) is 13.3 Å². The van der Waals surface area contributed by atoms with E-state index in [0.29, 0.717) is 25.4 Å². The van der Waals surface area contributed by atoms with Crippen molar-refractivity contribution in [1.29, 1.82) is 0 Å². The zero-order chi connectivity index (χ0) is 18.1. The summed E-state index contributed by atoms with van der Waals surface area (Å²) < 4.78 is 27.0. The minimum atomic E-state index is -3.18. The van der Waals surface area contributed by atoms with Gasteiger partial charge in [0.1, 0.15) is 0 Å². The van der Waals surface area contributed by atoms with Gasteiger partial charge in [-0.2, -0.15) is 4.31 Å². The Hall–Kier alpha value is -0.660. The van der Waals surface area contributed by atoms with Crippen molar-refractivity contribution in [3.8, 4) is 0 Å². The number of carbonyl (C=O) groups excluding carboxylic acids is 1. The number of unbranched alkanes of at least 4 members (excludes halogenated alkanes) is 1. The van der Waals surface area contributed by atoms with Crippen LogP contribution in [0.1, 0.15) is 51.9 Å². The van der Waals surface area contributed by atoms with Crippen LogP contribution in [0.5, 0.6) is 0 Å². The Morgan fingerprint density at radius 3 is 2.60 bits per heavy atom. The van der Waals surface area contributed by atoms with Gasteiger partial charge in [0.25, 0.3) is 0 Å². The smallest absolute Gasteiger partial charge is 0.222 e. The monoisotopic (exact) mass is 371 g/mol. The Balaban J connectivity index is 1.70. The quantitative estimate of drug-likeness (QED) is 0.710. The molecule has 0 bridgehead atoms. The molecule has 3 aliphatic rings. The number of hydrogen-bond acceptors (Lipinski definition) is 4. The van der Waals surface area contributed by atoms with Gasteiger partial charge in [0.15, 0.2) is 0 Å². The topological polar surface area (TPSA) is 60.9 Å². The van der Waals surface area contributed by atoms with E-state index in [9.17, 15) is 13.2 Å². The fourth-order valence-electron chi connectivity index (χ4n) is 4.16. The maximum Gasteiger partial charge on any atom is 0.222 e. The fourth-order valence-corrected chi connectivity index (χ4v) is 5.86. The van der Waals surface area contributed by atoms with Crippen LogP contribution < -0.4 is 0 Å². The largest absolute Gasteiger partial charge is 0.342 e. The second kappa shape index (κ2) is 7.53. The highest BCUT2D eigenvalue weighted by molar-refractivity contribution is 7.89. The molecular formula is C18H33N3O3S. The number of nitrogens with zero attached hydrogens (tertiary/aromatic N) is 3. The van der Waals surface area contributed by atoms with Crippen molar-refractivity contribution in [2.75, 3.05) is 45.5 Å². The van der Waals surface area contributed by atoms with Crippen LogP contribution in [0.15, 0.2) is 0 Å². The number of piperazine rings is 1. The van der Waals surface area contributed by atoms with Crippen LogP contribution in [-0.4, -0.2) is 79.5 Å². The lowest BCUT2D eigenvalue weighted by Crippen LogP contribution is -2.62. The normalized spacial score (nSPS) is 30.0. The van der Waals surface area contributed by atoms with Crippen LogP contribution in [-0.2, 0) is 14.8 Å². The molecular weight excluding hydrogens is 338 g/mol. The Morgan fingerprint density at radius 1 is 1.16 bits per heavy atom. The molecule has 1 aliphatic carbocycles. The van der Waals surface area contributed by atoms with Gasteiger partial charge in [-0.05, 0) is 45.1 Å². The third-order valence-electron chi connectivity index (χ3n) is 6.29. The molecule has 25 heavy (non-hydrogen) atoms. The molecule has 0 aromatic heterocycles. The molecule has 1 saturated carbocycles. The summed E-state index contributed by atoms with van der Waals surface area (Å²) in [5.41, 5.74) is -0.189. The summed E-state index contributed by atoms with van der Waals surface area (Å²) in [6, 6.07) is 0. The lowest BCUT2D eigenvalue weighted by Gasteiger charge is -2.48. The molecule has 0 radical (unpaired) electrons. The van der Waals surface area contributed by atoms with E-state index in [1.165, 1.54) is 12.8 Å². The van der Waals surface area contributed by atoms with Crippen LogP contribution in [0, 0.1) is 5.92 Å². The highest BCUT2D eigenvalue weighted by Crippen LogP contribution is 2.35. The molecule has 3 fully saturated rings. The lowest BCUT2D eigenvalue weighted by molar-refractivity contribution is -0.130. The Bertz CT molecular complexity index is 590. The van der Waals surface area contributed by atoms with Gasteiger partial charge in [-0.3, -0.25) is 9.69 Å². The highest BCUT2D eigenvalue weighted by Gasteiger charge is 2.45. The molecule has 1 atom stereocenters. The van der Waals surface area contributed by atoms with Crippen molar-refractivity contribution in [3.63, 3.8) is 0 Å². The highest BCUT2D eigenvalue weighted by atomic mass is 32.2. The molecule has 7 heteroatoms. The zero-order valence-corrected chi connectivity index (χ0v) is 16.6. The van der Waals surface area contributed by atoms with Gasteiger partial charge in [-0.25, -0.2) is 8.42 Å². The van der Waals surface area contributed by atoms with Crippen LogP contribution in [0.4, 0.5) is 0 Å². The third-order valence-corrected chi connectivity index (χ3v) is 8.20. The number of carbonyl (C=O) groups is 1. The molecule has 3 rings (SSSR count). The first kappa shape index (κ1) is 19.1. The van der Waals surface area contributed by atoms with Crippen molar-refractivity contribution in [1.82, 2.24) is 14.1 Å². The van der Waals surface area contributed by atoms with Crippen molar-refractivity contribution in [2.24, 2.45) is 5.92 Å². The van der Waals surface area contributed by atoms with Crippen LogP contribution in [0.2, 0.25) is 0 Å². The van der Waals surface area contributed by atoms with Gasteiger partial charge in [0, 0.05) is 44.7 Å². The number of amides is 1. The molecule has 2 aliphatic heterocycles. The summed E-state index contributed by atoms with van der Waals surface area (Å²) in [5, 5.41) is 0. The van der Waals surface area contributed by atoms with Crippen molar-refractivity contribution in [3.05, 3.63) is 0 Å². The van der Waals surface area contributed by atoms with Gasteiger partial charge in [-0.15, -0.1) is 0 Å². The second-order valence-corrected chi connectivity index (χ2v) is 10.3. The lowest BCUT2D eigenvalue weighted by atomic mass is 9.87. The Kier molecular flexibility index (Phi) is 5.75. The molecule has 144 valence electrons. The molecule has 0 aromatic rings. The van der Waals surface area contributed by atoms with E-state index in [0.717, 1.165) is 45.3 Å². The summed E-state index contributed by atoms with van der Waals surface area (Å²) in [6.45, 7) is 5.55. The number of hydrogen-bond donors (Lipinski definition) is 0. The van der Waals surface area contributed by atoms with Crippen LogP contribution in [0.3, 0.4) is 0 Å². The average Bonchev–Trinajstić information content (AvgIpc) is 3.41. The molecule has 1 spiro atoms.